The number of ether oxygens (including phenoxy) is 2. The highest BCUT2D eigenvalue weighted by Gasteiger charge is 2.08. The fourth-order valence-corrected chi connectivity index (χ4v) is 2.94. The first-order valence-corrected chi connectivity index (χ1v) is 7.22. The van der Waals surface area contributed by atoms with Gasteiger partial charge in [0, 0.05) is 28.8 Å². The van der Waals surface area contributed by atoms with E-state index >= 15 is 0 Å². The number of benzene rings is 1. The summed E-state index contributed by atoms with van der Waals surface area (Å²) in [7, 11) is 3.26. The Kier molecular flexibility index (Phi) is 3.62. The van der Waals surface area contributed by atoms with E-state index in [1.165, 1.54) is 4.88 Å². The van der Waals surface area contributed by atoms with E-state index in [1.807, 2.05) is 18.2 Å². The van der Waals surface area contributed by atoms with E-state index in [-0.39, 0.29) is 0 Å². The summed E-state index contributed by atoms with van der Waals surface area (Å²) in [6, 6.07) is 7.71. The lowest BCUT2D eigenvalue weighted by Crippen LogP contribution is -1.96. The first kappa shape index (κ1) is 13.6. The molecule has 0 aliphatic carbocycles. The summed E-state index contributed by atoms with van der Waals surface area (Å²) in [5.41, 5.74) is 0.857. The van der Waals surface area contributed by atoms with Crippen LogP contribution >= 0.6 is 11.3 Å². The van der Waals surface area contributed by atoms with Crippen LogP contribution in [-0.2, 0) is 0 Å². The first-order valence-electron chi connectivity index (χ1n) is 6.41. The molecule has 0 atom stereocenters. The molecule has 108 valence electrons. The van der Waals surface area contributed by atoms with Gasteiger partial charge < -0.3 is 14.8 Å². The molecule has 0 amide bonds. The Morgan fingerprint density at radius 3 is 2.38 bits per heavy atom. The van der Waals surface area contributed by atoms with Gasteiger partial charge in [-0.2, -0.15) is 0 Å². The lowest BCUT2D eigenvalue weighted by atomic mass is 10.2. The van der Waals surface area contributed by atoms with Gasteiger partial charge in [0.25, 0.3) is 0 Å². The normalized spacial score (nSPS) is 10.6. The SMILES string of the molecule is COc1cc(Nc2ncnc3sc(C)cc23)cc(OC)c1. The molecular formula is C15H15N3O2S. The van der Waals surface area contributed by atoms with E-state index in [0.29, 0.717) is 0 Å². The molecule has 0 fully saturated rings. The minimum absolute atomic E-state index is 0.726. The third-order valence-corrected chi connectivity index (χ3v) is 4.03. The quantitative estimate of drug-likeness (QED) is 0.795. The lowest BCUT2D eigenvalue weighted by molar-refractivity contribution is 0.395. The number of aryl methyl sites for hydroxylation is 1. The van der Waals surface area contributed by atoms with Gasteiger partial charge in [-0.1, -0.05) is 0 Å². The van der Waals surface area contributed by atoms with Crippen LogP contribution < -0.4 is 14.8 Å². The van der Waals surface area contributed by atoms with Crippen LogP contribution in [0.25, 0.3) is 10.2 Å². The number of nitrogens with one attached hydrogen (secondary N) is 1. The highest BCUT2D eigenvalue weighted by Crippen LogP contribution is 2.32. The van der Waals surface area contributed by atoms with E-state index in [2.05, 4.69) is 28.3 Å². The van der Waals surface area contributed by atoms with Gasteiger partial charge in [0.15, 0.2) is 0 Å². The average Bonchev–Trinajstić information content (AvgIpc) is 2.88. The van der Waals surface area contributed by atoms with Gasteiger partial charge in [-0.15, -0.1) is 11.3 Å². The highest BCUT2D eigenvalue weighted by atomic mass is 32.1. The molecule has 0 saturated heterocycles. The topological polar surface area (TPSA) is 56.3 Å². The maximum atomic E-state index is 5.28. The summed E-state index contributed by atoms with van der Waals surface area (Å²) in [6.07, 6.45) is 1.57. The van der Waals surface area contributed by atoms with Gasteiger partial charge in [0.05, 0.1) is 19.6 Å². The Hall–Kier alpha value is -2.34. The monoisotopic (exact) mass is 301 g/mol. The average molecular weight is 301 g/mol. The number of methoxy groups -OCH3 is 2. The Morgan fingerprint density at radius 2 is 1.71 bits per heavy atom. The lowest BCUT2D eigenvalue weighted by Gasteiger charge is -2.10. The largest absolute Gasteiger partial charge is 0.497 e. The maximum Gasteiger partial charge on any atom is 0.142 e. The van der Waals surface area contributed by atoms with Gasteiger partial charge in [0.2, 0.25) is 0 Å². The summed E-state index contributed by atoms with van der Waals surface area (Å²) in [4.78, 5) is 10.8. The van der Waals surface area contributed by atoms with E-state index in [0.717, 1.165) is 33.2 Å². The molecular weight excluding hydrogens is 286 g/mol. The molecule has 6 heteroatoms. The Labute approximate surface area is 126 Å². The summed E-state index contributed by atoms with van der Waals surface area (Å²) >= 11 is 1.65. The summed E-state index contributed by atoms with van der Waals surface area (Å²) in [5, 5.41) is 4.32. The van der Waals surface area contributed by atoms with Crippen molar-refractivity contribution in [3.05, 3.63) is 35.5 Å². The van der Waals surface area contributed by atoms with Gasteiger partial charge >= 0.3 is 0 Å². The van der Waals surface area contributed by atoms with Gasteiger partial charge in [-0.25, -0.2) is 9.97 Å². The summed E-state index contributed by atoms with van der Waals surface area (Å²) < 4.78 is 10.6. The first-order chi connectivity index (χ1) is 10.2. The second-order valence-electron chi connectivity index (χ2n) is 4.52. The number of thiophene rings is 1. The number of nitrogens with zero attached hydrogens (tertiary/aromatic N) is 2. The fraction of sp³-hybridized carbons (Fsp3) is 0.200. The van der Waals surface area contributed by atoms with Crippen LogP contribution in [0.15, 0.2) is 30.6 Å². The minimum Gasteiger partial charge on any atom is -0.497 e. The van der Waals surface area contributed by atoms with Gasteiger partial charge in [-0.3, -0.25) is 0 Å². The van der Waals surface area contributed by atoms with Crippen molar-refractivity contribution in [2.24, 2.45) is 0 Å². The predicted molar refractivity (Wildman–Crippen MR) is 85.0 cm³/mol. The van der Waals surface area contributed by atoms with Gasteiger partial charge in [-0.05, 0) is 13.0 Å². The van der Waals surface area contributed by atoms with Crippen molar-refractivity contribution in [3.8, 4) is 11.5 Å². The molecule has 2 aromatic heterocycles. The van der Waals surface area contributed by atoms with Crippen LogP contribution in [0.3, 0.4) is 0 Å². The number of fused-ring (bicyclic) bond motifs is 1. The maximum absolute atomic E-state index is 5.28. The van der Waals surface area contributed by atoms with Crippen LogP contribution in [0, 0.1) is 6.92 Å². The molecule has 0 unspecified atom stereocenters. The van der Waals surface area contributed by atoms with Crippen LogP contribution in [0.2, 0.25) is 0 Å². The zero-order valence-electron chi connectivity index (χ0n) is 12.0. The van der Waals surface area contributed by atoms with Crippen molar-refractivity contribution >= 4 is 33.1 Å². The molecule has 0 radical (unpaired) electrons. The smallest absolute Gasteiger partial charge is 0.142 e. The second kappa shape index (κ2) is 5.57. The molecule has 0 bridgehead atoms. The molecule has 5 nitrogen and oxygen atoms in total. The van der Waals surface area contributed by atoms with E-state index < -0.39 is 0 Å². The zero-order valence-corrected chi connectivity index (χ0v) is 12.8. The molecule has 1 N–H and O–H groups in total. The highest BCUT2D eigenvalue weighted by molar-refractivity contribution is 7.18. The third-order valence-electron chi connectivity index (χ3n) is 3.07. The second-order valence-corrected chi connectivity index (χ2v) is 5.76. The van der Waals surface area contributed by atoms with Gasteiger partial charge in [0.1, 0.15) is 28.5 Å². The molecule has 0 saturated carbocycles. The molecule has 2 heterocycles. The number of rotatable bonds is 4. The number of aromatic nitrogens is 2. The number of anilines is 2. The standard InChI is InChI=1S/C15H15N3O2S/c1-9-4-13-14(16-8-17-15(13)21-9)18-10-5-11(19-2)7-12(6-10)20-3/h4-8H,1-3H3,(H,16,17,18). The van der Waals surface area contributed by atoms with E-state index in [4.69, 9.17) is 9.47 Å². The number of hydrogen-bond acceptors (Lipinski definition) is 6. The molecule has 21 heavy (non-hydrogen) atoms. The van der Waals surface area contributed by atoms with Crippen LogP contribution in [0.1, 0.15) is 4.88 Å². The molecule has 0 aliphatic heterocycles. The van der Waals surface area contributed by atoms with E-state index in [9.17, 15) is 0 Å². The fourth-order valence-electron chi connectivity index (χ4n) is 2.09. The van der Waals surface area contributed by atoms with Crippen LogP contribution in [0.5, 0.6) is 11.5 Å². The molecule has 0 aliphatic rings. The summed E-state index contributed by atoms with van der Waals surface area (Å²) in [6.45, 7) is 2.06. The Bertz CT molecular complexity index is 763. The van der Waals surface area contributed by atoms with Crippen molar-refractivity contribution in [2.45, 2.75) is 6.92 Å². The molecule has 3 rings (SSSR count). The van der Waals surface area contributed by atoms with Crippen molar-refractivity contribution < 1.29 is 9.47 Å². The molecule has 0 spiro atoms. The van der Waals surface area contributed by atoms with Crippen molar-refractivity contribution in [1.82, 2.24) is 9.97 Å². The van der Waals surface area contributed by atoms with Crippen molar-refractivity contribution in [2.75, 3.05) is 19.5 Å². The Balaban J connectivity index is 2.02. The number of hydrogen-bond donors (Lipinski definition) is 1. The van der Waals surface area contributed by atoms with Crippen molar-refractivity contribution in [3.63, 3.8) is 0 Å². The molecule has 1 aromatic carbocycles. The van der Waals surface area contributed by atoms with Crippen LogP contribution in [0.4, 0.5) is 11.5 Å². The minimum atomic E-state index is 0.726. The zero-order chi connectivity index (χ0) is 14.8. The molecule has 3 aromatic rings. The van der Waals surface area contributed by atoms with E-state index in [1.54, 1.807) is 31.9 Å². The van der Waals surface area contributed by atoms with Crippen molar-refractivity contribution in [1.29, 1.82) is 0 Å². The predicted octanol–water partition coefficient (Wildman–Crippen LogP) is 3.76. The summed E-state index contributed by atoms with van der Waals surface area (Å²) in [5.74, 6) is 2.23. The third kappa shape index (κ3) is 2.75. The Morgan fingerprint density at radius 1 is 1.00 bits per heavy atom. The van der Waals surface area contributed by atoms with Crippen LogP contribution in [-0.4, -0.2) is 24.2 Å².